The Kier molecular flexibility index (Phi) is 5.56. The quantitative estimate of drug-likeness (QED) is 0.478. The average Bonchev–Trinajstić information content (AvgIpc) is 2.33. The van der Waals surface area contributed by atoms with E-state index in [-0.39, 0.29) is 18.6 Å². The van der Waals surface area contributed by atoms with Crippen LogP contribution in [0.25, 0.3) is 0 Å². The Bertz CT molecular complexity index is 409. The number of halogens is 4. The summed E-state index contributed by atoms with van der Waals surface area (Å²) in [4.78, 5) is 0. The van der Waals surface area contributed by atoms with Gasteiger partial charge in [-0.05, 0) is 30.5 Å². The van der Waals surface area contributed by atoms with E-state index in [0.29, 0.717) is 5.56 Å². The fraction of sp³-hybridized carbons (Fsp3) is 0.500. The van der Waals surface area contributed by atoms with E-state index in [2.05, 4.69) is 5.43 Å². The summed E-state index contributed by atoms with van der Waals surface area (Å²) >= 11 is 0. The molecule has 108 valence electrons. The highest BCUT2D eigenvalue weighted by Crippen LogP contribution is 2.27. The molecule has 1 aromatic rings. The van der Waals surface area contributed by atoms with Gasteiger partial charge in [-0.3, -0.25) is 11.3 Å². The standard InChI is InChI=1S/C12H16F4N2O/c1-19-11-5-4-8(7-9(11)13)10(18-17)3-2-6-12(14,15)16/h4-5,7,10,18H,2-3,6,17H2,1H3. The number of nitrogens with one attached hydrogen (secondary N) is 1. The van der Waals surface area contributed by atoms with Crippen molar-refractivity contribution in [3.8, 4) is 5.75 Å². The maximum Gasteiger partial charge on any atom is 0.389 e. The number of hydrogen-bond acceptors (Lipinski definition) is 3. The maximum atomic E-state index is 13.5. The van der Waals surface area contributed by atoms with Gasteiger partial charge in [-0.1, -0.05) is 6.07 Å². The third kappa shape index (κ3) is 5.04. The second-order valence-electron chi connectivity index (χ2n) is 4.12. The number of benzene rings is 1. The number of hydrogen-bond donors (Lipinski definition) is 2. The minimum absolute atomic E-state index is 0.0774. The number of alkyl halides is 3. The van der Waals surface area contributed by atoms with E-state index in [1.165, 1.54) is 19.2 Å². The van der Waals surface area contributed by atoms with Crippen molar-refractivity contribution in [3.63, 3.8) is 0 Å². The Balaban J connectivity index is 2.67. The third-order valence-corrected chi connectivity index (χ3v) is 2.73. The van der Waals surface area contributed by atoms with Gasteiger partial charge in [0, 0.05) is 12.5 Å². The first-order valence-electron chi connectivity index (χ1n) is 5.73. The van der Waals surface area contributed by atoms with E-state index in [4.69, 9.17) is 10.6 Å². The Morgan fingerprint density at radius 3 is 2.53 bits per heavy atom. The van der Waals surface area contributed by atoms with Crippen molar-refractivity contribution in [2.24, 2.45) is 5.84 Å². The molecule has 0 aliphatic carbocycles. The Hall–Kier alpha value is -1.34. The molecular weight excluding hydrogens is 264 g/mol. The summed E-state index contributed by atoms with van der Waals surface area (Å²) in [5.74, 6) is 4.80. The zero-order valence-corrected chi connectivity index (χ0v) is 10.4. The molecule has 0 saturated carbocycles. The number of nitrogens with two attached hydrogens (primary N) is 1. The molecule has 0 aromatic heterocycles. The summed E-state index contributed by atoms with van der Waals surface area (Å²) in [5, 5.41) is 0. The van der Waals surface area contributed by atoms with E-state index in [1.54, 1.807) is 6.07 Å². The molecule has 1 aromatic carbocycles. The molecule has 7 heteroatoms. The second-order valence-corrected chi connectivity index (χ2v) is 4.12. The van der Waals surface area contributed by atoms with Crippen LogP contribution in [0.4, 0.5) is 17.6 Å². The molecule has 1 atom stereocenters. The normalized spacial score (nSPS) is 13.4. The van der Waals surface area contributed by atoms with Gasteiger partial charge >= 0.3 is 6.18 Å². The van der Waals surface area contributed by atoms with Crippen LogP contribution in [0.15, 0.2) is 18.2 Å². The molecule has 0 amide bonds. The second kappa shape index (κ2) is 6.72. The minimum Gasteiger partial charge on any atom is -0.494 e. The highest BCUT2D eigenvalue weighted by atomic mass is 19.4. The predicted molar refractivity (Wildman–Crippen MR) is 62.9 cm³/mol. The molecular formula is C12H16F4N2O. The lowest BCUT2D eigenvalue weighted by atomic mass is 10.0. The molecule has 3 N–H and O–H groups in total. The van der Waals surface area contributed by atoms with Crippen LogP contribution in [-0.4, -0.2) is 13.3 Å². The number of rotatable bonds is 6. The third-order valence-electron chi connectivity index (χ3n) is 2.73. The maximum absolute atomic E-state index is 13.5. The van der Waals surface area contributed by atoms with Gasteiger partial charge in [0.2, 0.25) is 0 Å². The summed E-state index contributed by atoms with van der Waals surface area (Å²) in [6.45, 7) is 0. The van der Waals surface area contributed by atoms with Gasteiger partial charge in [0.1, 0.15) is 0 Å². The van der Waals surface area contributed by atoms with Crippen molar-refractivity contribution in [3.05, 3.63) is 29.6 Å². The average molecular weight is 280 g/mol. The van der Waals surface area contributed by atoms with Gasteiger partial charge in [-0.2, -0.15) is 13.2 Å². The Labute approximate surface area is 108 Å². The van der Waals surface area contributed by atoms with E-state index >= 15 is 0 Å². The topological polar surface area (TPSA) is 47.3 Å². The molecule has 0 aliphatic rings. The summed E-state index contributed by atoms with van der Waals surface area (Å²) in [6.07, 6.45) is -4.98. The molecule has 1 unspecified atom stereocenters. The highest BCUT2D eigenvalue weighted by Gasteiger charge is 2.26. The van der Waals surface area contributed by atoms with Crippen molar-refractivity contribution in [2.75, 3.05) is 7.11 Å². The fourth-order valence-corrected chi connectivity index (χ4v) is 1.75. The van der Waals surface area contributed by atoms with Gasteiger partial charge in [-0.25, -0.2) is 4.39 Å². The van der Waals surface area contributed by atoms with Crippen LogP contribution < -0.4 is 16.0 Å². The first-order valence-corrected chi connectivity index (χ1v) is 5.73. The molecule has 0 fully saturated rings. The first kappa shape index (κ1) is 15.7. The van der Waals surface area contributed by atoms with Crippen LogP contribution in [0.1, 0.15) is 30.9 Å². The highest BCUT2D eigenvalue weighted by molar-refractivity contribution is 5.30. The number of methoxy groups -OCH3 is 1. The van der Waals surface area contributed by atoms with Gasteiger partial charge in [0.05, 0.1) is 7.11 Å². The van der Waals surface area contributed by atoms with Crippen LogP contribution in [0, 0.1) is 5.82 Å². The molecule has 19 heavy (non-hydrogen) atoms. The zero-order valence-electron chi connectivity index (χ0n) is 10.4. The van der Waals surface area contributed by atoms with Crippen molar-refractivity contribution < 1.29 is 22.3 Å². The van der Waals surface area contributed by atoms with Crippen molar-refractivity contribution in [1.82, 2.24) is 5.43 Å². The fourth-order valence-electron chi connectivity index (χ4n) is 1.75. The van der Waals surface area contributed by atoms with E-state index in [9.17, 15) is 17.6 Å². The monoisotopic (exact) mass is 280 g/mol. The minimum atomic E-state index is -4.19. The number of hydrazine groups is 1. The lowest BCUT2D eigenvalue weighted by Gasteiger charge is -2.17. The van der Waals surface area contributed by atoms with Crippen LogP contribution in [0.3, 0.4) is 0 Å². The molecule has 0 heterocycles. The van der Waals surface area contributed by atoms with Crippen LogP contribution in [-0.2, 0) is 0 Å². The Morgan fingerprint density at radius 2 is 2.05 bits per heavy atom. The largest absolute Gasteiger partial charge is 0.494 e. The summed E-state index contributed by atoms with van der Waals surface area (Å²) in [7, 11) is 1.33. The predicted octanol–water partition coefficient (Wildman–Crippen LogP) is 3.07. The first-order chi connectivity index (χ1) is 8.87. The molecule has 1 rings (SSSR count). The van der Waals surface area contributed by atoms with Crippen molar-refractivity contribution in [1.29, 1.82) is 0 Å². The van der Waals surface area contributed by atoms with Crippen molar-refractivity contribution in [2.45, 2.75) is 31.5 Å². The summed E-state index contributed by atoms with van der Waals surface area (Å²) in [6, 6.07) is 3.66. The lowest BCUT2D eigenvalue weighted by molar-refractivity contribution is -0.135. The van der Waals surface area contributed by atoms with Crippen molar-refractivity contribution >= 4 is 0 Å². The molecule has 3 nitrogen and oxygen atoms in total. The Morgan fingerprint density at radius 1 is 1.37 bits per heavy atom. The van der Waals surface area contributed by atoms with Gasteiger partial charge in [0.15, 0.2) is 11.6 Å². The van der Waals surface area contributed by atoms with Crippen LogP contribution in [0.5, 0.6) is 5.75 Å². The van der Waals surface area contributed by atoms with Gasteiger partial charge < -0.3 is 4.74 Å². The van der Waals surface area contributed by atoms with Crippen LogP contribution in [0.2, 0.25) is 0 Å². The van der Waals surface area contributed by atoms with E-state index in [0.717, 1.165) is 0 Å². The SMILES string of the molecule is COc1ccc(C(CCCC(F)(F)F)NN)cc1F. The van der Waals surface area contributed by atoms with Gasteiger partial charge in [-0.15, -0.1) is 0 Å². The molecule has 0 aliphatic heterocycles. The number of ether oxygens (including phenoxy) is 1. The molecule has 0 radical (unpaired) electrons. The van der Waals surface area contributed by atoms with Crippen LogP contribution >= 0.6 is 0 Å². The van der Waals surface area contributed by atoms with E-state index < -0.39 is 24.5 Å². The molecule has 0 spiro atoms. The zero-order chi connectivity index (χ0) is 14.5. The van der Waals surface area contributed by atoms with E-state index in [1.807, 2.05) is 0 Å². The van der Waals surface area contributed by atoms with Gasteiger partial charge in [0.25, 0.3) is 0 Å². The summed E-state index contributed by atoms with van der Waals surface area (Å²) in [5.41, 5.74) is 2.88. The summed E-state index contributed by atoms with van der Waals surface area (Å²) < 4.78 is 54.4. The smallest absolute Gasteiger partial charge is 0.389 e. The molecule has 0 saturated heterocycles. The lowest BCUT2D eigenvalue weighted by Crippen LogP contribution is -2.28. The molecule has 0 bridgehead atoms.